The molecule has 4 rings (SSSR count). The van der Waals surface area contributed by atoms with Gasteiger partial charge in [-0.15, -0.1) is 0 Å². The van der Waals surface area contributed by atoms with E-state index in [1.165, 1.54) is 13.3 Å². The van der Waals surface area contributed by atoms with E-state index in [1.54, 1.807) is 28.9 Å². The minimum absolute atomic E-state index is 0.0241. The molecule has 0 aliphatic rings. The Hall–Kier alpha value is -3.94. The molecule has 0 amide bonds. The third kappa shape index (κ3) is 3.15. The highest BCUT2D eigenvalue weighted by Crippen LogP contribution is 2.20. The average molecular weight is 362 g/mol. The number of esters is 1. The molecule has 27 heavy (non-hydrogen) atoms. The fourth-order valence-corrected chi connectivity index (χ4v) is 2.59. The van der Waals surface area contributed by atoms with Crippen LogP contribution in [0.1, 0.15) is 10.4 Å². The Labute approximate surface area is 153 Å². The van der Waals surface area contributed by atoms with E-state index in [4.69, 9.17) is 4.74 Å². The van der Waals surface area contributed by atoms with Crippen molar-refractivity contribution in [2.75, 3.05) is 7.11 Å². The van der Waals surface area contributed by atoms with Gasteiger partial charge in [-0.3, -0.25) is 9.78 Å². The number of carbonyl (C=O) groups is 1. The Morgan fingerprint density at radius 2 is 1.81 bits per heavy atom. The molecular weight excluding hydrogens is 348 g/mol. The van der Waals surface area contributed by atoms with E-state index in [1.807, 2.05) is 30.3 Å². The first-order valence-electron chi connectivity index (χ1n) is 8.05. The second-order valence-electron chi connectivity index (χ2n) is 5.62. The van der Waals surface area contributed by atoms with E-state index in [0.717, 1.165) is 5.69 Å². The molecule has 0 atom stereocenters. The van der Waals surface area contributed by atoms with E-state index in [2.05, 4.69) is 19.8 Å². The molecule has 0 unspecified atom stereocenters. The lowest BCUT2D eigenvalue weighted by Crippen LogP contribution is -2.10. The summed E-state index contributed by atoms with van der Waals surface area (Å²) in [4.78, 5) is 30.8. The molecular formula is C19H14N4O4. The zero-order valence-electron chi connectivity index (χ0n) is 14.2. The van der Waals surface area contributed by atoms with Crippen molar-refractivity contribution in [3.05, 3.63) is 76.7 Å². The maximum atomic E-state index is 12.3. The van der Waals surface area contributed by atoms with Gasteiger partial charge in [-0.2, -0.15) is 10.1 Å². The van der Waals surface area contributed by atoms with Crippen LogP contribution in [0.2, 0.25) is 0 Å². The SMILES string of the molecule is COC(=O)c1ccc(Oc2nc3c(cnn3-c3ccccc3)c(=O)[nH]2)cc1. The second kappa shape index (κ2) is 6.75. The van der Waals surface area contributed by atoms with Gasteiger partial charge in [0.2, 0.25) is 0 Å². The van der Waals surface area contributed by atoms with E-state index in [-0.39, 0.29) is 11.6 Å². The Bertz CT molecular complexity index is 1160. The van der Waals surface area contributed by atoms with Crippen LogP contribution in [0.5, 0.6) is 11.8 Å². The largest absolute Gasteiger partial charge is 0.465 e. The number of benzene rings is 2. The number of nitrogens with one attached hydrogen (secondary N) is 1. The molecule has 0 spiro atoms. The minimum atomic E-state index is -0.443. The molecule has 0 fully saturated rings. The highest BCUT2D eigenvalue weighted by Gasteiger charge is 2.13. The monoisotopic (exact) mass is 362 g/mol. The van der Waals surface area contributed by atoms with Crippen LogP contribution in [0.15, 0.2) is 65.6 Å². The topological polar surface area (TPSA) is 99.1 Å². The van der Waals surface area contributed by atoms with Crippen molar-refractivity contribution in [3.8, 4) is 17.4 Å². The van der Waals surface area contributed by atoms with Gasteiger partial charge in [-0.1, -0.05) is 18.2 Å². The third-order valence-corrected chi connectivity index (χ3v) is 3.91. The number of H-pyrrole nitrogens is 1. The molecule has 0 bridgehead atoms. The molecule has 4 aromatic rings. The summed E-state index contributed by atoms with van der Waals surface area (Å²) in [5, 5.41) is 4.60. The molecule has 8 nitrogen and oxygen atoms in total. The van der Waals surface area contributed by atoms with Gasteiger partial charge in [0.25, 0.3) is 5.56 Å². The molecule has 2 heterocycles. The van der Waals surface area contributed by atoms with Crippen LogP contribution in [0.25, 0.3) is 16.7 Å². The number of carbonyl (C=O) groups excluding carboxylic acids is 1. The molecule has 1 N–H and O–H groups in total. The quantitative estimate of drug-likeness (QED) is 0.561. The van der Waals surface area contributed by atoms with E-state index in [9.17, 15) is 9.59 Å². The minimum Gasteiger partial charge on any atom is -0.465 e. The van der Waals surface area contributed by atoms with Gasteiger partial charge in [0, 0.05) is 0 Å². The van der Waals surface area contributed by atoms with Gasteiger partial charge in [-0.05, 0) is 36.4 Å². The first-order chi connectivity index (χ1) is 13.2. The number of hydrogen-bond acceptors (Lipinski definition) is 6. The predicted molar refractivity (Wildman–Crippen MR) is 97.3 cm³/mol. The molecule has 0 saturated carbocycles. The van der Waals surface area contributed by atoms with Gasteiger partial charge in [0.05, 0.1) is 24.6 Å². The second-order valence-corrected chi connectivity index (χ2v) is 5.62. The molecule has 0 aliphatic carbocycles. The molecule has 8 heteroatoms. The maximum absolute atomic E-state index is 12.3. The number of para-hydroxylation sites is 1. The van der Waals surface area contributed by atoms with Gasteiger partial charge in [0.1, 0.15) is 11.1 Å². The normalized spacial score (nSPS) is 10.7. The van der Waals surface area contributed by atoms with Crippen LogP contribution in [-0.2, 0) is 4.74 Å². The molecule has 2 aromatic carbocycles. The van der Waals surface area contributed by atoms with Crippen LogP contribution in [-0.4, -0.2) is 32.8 Å². The number of aromatic amines is 1. The summed E-state index contributed by atoms with van der Waals surface area (Å²) in [5.74, 6) is -0.0304. The van der Waals surface area contributed by atoms with Crippen LogP contribution in [0.4, 0.5) is 0 Å². The molecule has 2 aromatic heterocycles. The van der Waals surface area contributed by atoms with E-state index >= 15 is 0 Å². The zero-order chi connectivity index (χ0) is 18.8. The van der Waals surface area contributed by atoms with Crippen LogP contribution in [0.3, 0.4) is 0 Å². The number of ether oxygens (including phenoxy) is 2. The third-order valence-electron chi connectivity index (χ3n) is 3.91. The first kappa shape index (κ1) is 16.5. The lowest BCUT2D eigenvalue weighted by atomic mass is 10.2. The summed E-state index contributed by atoms with van der Waals surface area (Å²) in [6.45, 7) is 0. The molecule has 0 aliphatic heterocycles. The predicted octanol–water partition coefficient (Wildman–Crippen LogP) is 2.69. The summed E-state index contributed by atoms with van der Waals surface area (Å²) in [7, 11) is 1.31. The lowest BCUT2D eigenvalue weighted by Gasteiger charge is -2.06. The average Bonchev–Trinajstić information content (AvgIpc) is 3.13. The summed E-state index contributed by atoms with van der Waals surface area (Å²) in [6, 6.07) is 15.7. The Morgan fingerprint density at radius 3 is 2.52 bits per heavy atom. The standard InChI is InChI=1S/C19H14N4O4/c1-26-18(25)12-7-9-14(10-8-12)27-19-21-16-15(17(24)22-19)11-20-23(16)13-5-3-2-4-6-13/h2-11H,1H3,(H,21,22,24). The fraction of sp³-hybridized carbons (Fsp3) is 0.0526. The highest BCUT2D eigenvalue weighted by molar-refractivity contribution is 5.89. The smallest absolute Gasteiger partial charge is 0.337 e. The Morgan fingerprint density at radius 1 is 1.07 bits per heavy atom. The number of aromatic nitrogens is 4. The fourth-order valence-electron chi connectivity index (χ4n) is 2.59. The van der Waals surface area contributed by atoms with Crippen molar-refractivity contribution < 1.29 is 14.3 Å². The molecule has 134 valence electrons. The van der Waals surface area contributed by atoms with Gasteiger partial charge in [0.15, 0.2) is 5.65 Å². The van der Waals surface area contributed by atoms with Crippen molar-refractivity contribution in [3.63, 3.8) is 0 Å². The number of nitrogens with zero attached hydrogens (tertiary/aromatic N) is 3. The first-order valence-corrected chi connectivity index (χ1v) is 8.05. The van der Waals surface area contributed by atoms with E-state index in [0.29, 0.717) is 22.3 Å². The summed E-state index contributed by atoms with van der Waals surface area (Å²) >= 11 is 0. The number of fused-ring (bicyclic) bond motifs is 1. The summed E-state index contributed by atoms with van der Waals surface area (Å²) < 4.78 is 11.9. The Kier molecular flexibility index (Phi) is 4.13. The number of hydrogen-bond donors (Lipinski definition) is 1. The van der Waals surface area contributed by atoms with Gasteiger partial charge < -0.3 is 9.47 Å². The lowest BCUT2D eigenvalue weighted by molar-refractivity contribution is 0.0600. The van der Waals surface area contributed by atoms with Gasteiger partial charge in [-0.25, -0.2) is 9.48 Å². The van der Waals surface area contributed by atoms with Crippen molar-refractivity contribution in [2.45, 2.75) is 0 Å². The highest BCUT2D eigenvalue weighted by atomic mass is 16.5. The van der Waals surface area contributed by atoms with Crippen LogP contribution < -0.4 is 10.3 Å². The van der Waals surface area contributed by atoms with Crippen molar-refractivity contribution >= 4 is 17.0 Å². The molecule has 0 radical (unpaired) electrons. The Balaban J connectivity index is 1.70. The maximum Gasteiger partial charge on any atom is 0.337 e. The summed E-state index contributed by atoms with van der Waals surface area (Å²) in [5.41, 5.74) is 1.19. The number of methoxy groups -OCH3 is 1. The van der Waals surface area contributed by atoms with Gasteiger partial charge >= 0.3 is 12.0 Å². The zero-order valence-corrected chi connectivity index (χ0v) is 14.2. The summed E-state index contributed by atoms with van der Waals surface area (Å²) in [6.07, 6.45) is 1.46. The number of rotatable bonds is 4. The van der Waals surface area contributed by atoms with Crippen molar-refractivity contribution in [2.24, 2.45) is 0 Å². The molecule has 0 saturated heterocycles. The van der Waals surface area contributed by atoms with E-state index < -0.39 is 5.97 Å². The van der Waals surface area contributed by atoms with Crippen LogP contribution >= 0.6 is 0 Å². The van der Waals surface area contributed by atoms with Crippen molar-refractivity contribution in [1.29, 1.82) is 0 Å². The van der Waals surface area contributed by atoms with Crippen molar-refractivity contribution in [1.82, 2.24) is 19.7 Å². The van der Waals surface area contributed by atoms with Crippen LogP contribution in [0, 0.1) is 0 Å².